The minimum atomic E-state index is -4.15. The third-order valence-corrected chi connectivity index (χ3v) is 6.49. The van der Waals surface area contributed by atoms with Crippen LogP contribution in [-0.2, 0) is 14.8 Å². The molecule has 1 aromatic rings. The fourth-order valence-electron chi connectivity index (χ4n) is 3.70. The third kappa shape index (κ3) is 4.03. The van der Waals surface area contributed by atoms with E-state index in [1.807, 2.05) is 20.8 Å². The first-order chi connectivity index (χ1) is 13.6. The van der Waals surface area contributed by atoms with Crippen LogP contribution in [0, 0.1) is 10.8 Å². The van der Waals surface area contributed by atoms with E-state index < -0.39 is 27.4 Å². The van der Waals surface area contributed by atoms with Crippen LogP contribution in [0.1, 0.15) is 48.0 Å². The Bertz CT molecular complexity index is 1060. The lowest BCUT2D eigenvalue weighted by molar-refractivity contribution is -0.128. The highest BCUT2D eigenvalue weighted by atomic mass is 32.2. The van der Waals surface area contributed by atoms with Crippen molar-refractivity contribution in [2.24, 2.45) is 15.2 Å². The Hall–Kier alpha value is -2.55. The molecule has 1 aromatic carbocycles. The SMILES string of the molecule is CC(C)(C)CCN1C(=O)C(C2=NS(=O)(=O)c3cc(O)ccc3N2)=C(O)C1C(C)(C)C. The molecule has 0 saturated heterocycles. The van der Waals surface area contributed by atoms with E-state index in [1.165, 1.54) is 12.1 Å². The lowest BCUT2D eigenvalue weighted by atomic mass is 9.84. The first kappa shape index (κ1) is 22.1. The molecular weight excluding hydrogens is 406 g/mol. The van der Waals surface area contributed by atoms with Crippen LogP contribution in [-0.4, -0.2) is 47.9 Å². The van der Waals surface area contributed by atoms with E-state index in [2.05, 4.69) is 30.5 Å². The summed E-state index contributed by atoms with van der Waals surface area (Å²) >= 11 is 0. The first-order valence-electron chi connectivity index (χ1n) is 9.81. The molecule has 2 heterocycles. The van der Waals surface area contributed by atoms with Crippen molar-refractivity contribution in [1.29, 1.82) is 0 Å². The molecule has 0 fully saturated rings. The Labute approximate surface area is 177 Å². The average molecular weight is 436 g/mol. The Morgan fingerprint density at radius 2 is 1.77 bits per heavy atom. The molecule has 164 valence electrons. The average Bonchev–Trinajstić information content (AvgIpc) is 2.82. The number of nitrogens with zero attached hydrogens (tertiary/aromatic N) is 2. The van der Waals surface area contributed by atoms with Crippen molar-refractivity contribution in [1.82, 2.24) is 4.90 Å². The Kier molecular flexibility index (Phi) is 5.17. The van der Waals surface area contributed by atoms with Gasteiger partial charge in [0.05, 0.1) is 11.7 Å². The van der Waals surface area contributed by atoms with E-state index in [0.29, 0.717) is 13.0 Å². The molecular formula is C21H29N3O5S. The Morgan fingerprint density at radius 3 is 2.33 bits per heavy atom. The lowest BCUT2D eigenvalue weighted by Crippen LogP contribution is -2.45. The van der Waals surface area contributed by atoms with Gasteiger partial charge < -0.3 is 20.4 Å². The number of anilines is 1. The maximum Gasteiger partial charge on any atom is 0.286 e. The summed E-state index contributed by atoms with van der Waals surface area (Å²) in [6, 6.07) is 3.22. The summed E-state index contributed by atoms with van der Waals surface area (Å²) in [6.07, 6.45) is 0.714. The van der Waals surface area contributed by atoms with Crippen molar-refractivity contribution < 1.29 is 23.4 Å². The van der Waals surface area contributed by atoms with Gasteiger partial charge in [-0.2, -0.15) is 8.42 Å². The molecule has 9 heteroatoms. The Balaban J connectivity index is 2.07. The zero-order chi connectivity index (χ0) is 22.6. The quantitative estimate of drug-likeness (QED) is 0.626. The number of hydrogen-bond acceptors (Lipinski definition) is 6. The molecule has 1 atom stereocenters. The van der Waals surface area contributed by atoms with Crippen molar-refractivity contribution in [3.8, 4) is 5.75 Å². The van der Waals surface area contributed by atoms with E-state index in [-0.39, 0.29) is 38.9 Å². The second kappa shape index (κ2) is 7.01. The Morgan fingerprint density at radius 1 is 1.13 bits per heavy atom. The molecule has 3 rings (SSSR count). The minimum Gasteiger partial charge on any atom is -0.509 e. The van der Waals surface area contributed by atoms with Gasteiger partial charge in [0.25, 0.3) is 15.9 Å². The van der Waals surface area contributed by atoms with Crippen LogP contribution in [0.4, 0.5) is 5.69 Å². The van der Waals surface area contributed by atoms with Crippen LogP contribution >= 0.6 is 0 Å². The number of carbonyl (C=O) groups is 1. The van der Waals surface area contributed by atoms with Crippen LogP contribution in [0.25, 0.3) is 0 Å². The van der Waals surface area contributed by atoms with Gasteiger partial charge in [0, 0.05) is 12.6 Å². The van der Waals surface area contributed by atoms with Crippen molar-refractivity contribution in [2.45, 2.75) is 58.9 Å². The highest BCUT2D eigenvalue weighted by Crippen LogP contribution is 2.39. The number of amidine groups is 1. The lowest BCUT2D eigenvalue weighted by Gasteiger charge is -2.36. The molecule has 0 bridgehead atoms. The zero-order valence-electron chi connectivity index (χ0n) is 18.1. The normalized spacial score (nSPS) is 21.4. The number of fused-ring (bicyclic) bond motifs is 1. The van der Waals surface area contributed by atoms with Crippen LogP contribution in [0.5, 0.6) is 5.75 Å². The van der Waals surface area contributed by atoms with Gasteiger partial charge in [-0.1, -0.05) is 41.5 Å². The third-order valence-electron chi connectivity index (χ3n) is 5.17. The van der Waals surface area contributed by atoms with E-state index in [1.54, 1.807) is 4.90 Å². The van der Waals surface area contributed by atoms with Crippen LogP contribution < -0.4 is 5.32 Å². The largest absolute Gasteiger partial charge is 0.509 e. The number of hydrogen-bond donors (Lipinski definition) is 3. The second-order valence-electron chi connectivity index (χ2n) is 10.1. The predicted molar refractivity (Wildman–Crippen MR) is 115 cm³/mol. The number of aromatic hydroxyl groups is 1. The van der Waals surface area contributed by atoms with Gasteiger partial charge in [0.15, 0.2) is 5.84 Å². The molecule has 0 spiro atoms. The summed E-state index contributed by atoms with van der Waals surface area (Å²) in [6.45, 7) is 12.4. The summed E-state index contributed by atoms with van der Waals surface area (Å²) in [7, 11) is -4.15. The van der Waals surface area contributed by atoms with Crippen LogP contribution in [0.2, 0.25) is 0 Å². The van der Waals surface area contributed by atoms with Crippen molar-refractivity contribution in [2.75, 3.05) is 11.9 Å². The number of rotatable bonds is 3. The number of sulfonamides is 1. The molecule has 0 aromatic heterocycles. The highest BCUT2D eigenvalue weighted by Gasteiger charge is 2.48. The molecule has 2 aliphatic rings. The maximum absolute atomic E-state index is 13.3. The van der Waals surface area contributed by atoms with Gasteiger partial charge in [-0.3, -0.25) is 4.79 Å². The number of benzene rings is 1. The molecule has 1 amide bonds. The monoisotopic (exact) mass is 435 g/mol. The van der Waals surface area contributed by atoms with E-state index in [9.17, 15) is 23.4 Å². The highest BCUT2D eigenvalue weighted by molar-refractivity contribution is 7.90. The number of amides is 1. The fourth-order valence-corrected chi connectivity index (χ4v) is 4.84. The summed E-state index contributed by atoms with van der Waals surface area (Å²) in [4.78, 5) is 14.7. The fraction of sp³-hybridized carbons (Fsp3) is 0.524. The molecule has 30 heavy (non-hydrogen) atoms. The number of aliphatic hydroxyl groups excluding tert-OH is 1. The zero-order valence-corrected chi connectivity index (χ0v) is 19.0. The first-order valence-corrected chi connectivity index (χ1v) is 11.3. The number of nitrogens with one attached hydrogen (secondary N) is 1. The second-order valence-corrected chi connectivity index (χ2v) is 11.6. The van der Waals surface area contributed by atoms with Crippen LogP contribution in [0.3, 0.4) is 0 Å². The molecule has 0 saturated carbocycles. The van der Waals surface area contributed by atoms with Gasteiger partial charge in [-0.15, -0.1) is 4.40 Å². The van der Waals surface area contributed by atoms with Crippen molar-refractivity contribution in [3.63, 3.8) is 0 Å². The molecule has 1 unspecified atom stereocenters. The smallest absolute Gasteiger partial charge is 0.286 e. The predicted octanol–water partition coefficient (Wildman–Crippen LogP) is 3.41. The van der Waals surface area contributed by atoms with Gasteiger partial charge >= 0.3 is 0 Å². The van der Waals surface area contributed by atoms with Gasteiger partial charge in [0.1, 0.15) is 22.0 Å². The number of phenolic OH excluding ortho intramolecular Hbond substituents is 1. The van der Waals surface area contributed by atoms with Crippen molar-refractivity contribution in [3.05, 3.63) is 29.5 Å². The minimum absolute atomic E-state index is 0.0219. The summed E-state index contributed by atoms with van der Waals surface area (Å²) < 4.78 is 29.1. The van der Waals surface area contributed by atoms with E-state index in [0.717, 1.165) is 6.07 Å². The van der Waals surface area contributed by atoms with Crippen molar-refractivity contribution >= 4 is 27.5 Å². The topological polar surface area (TPSA) is 119 Å². The summed E-state index contributed by atoms with van der Waals surface area (Å²) in [5.74, 6) is -1.06. The number of carbonyl (C=O) groups excluding carboxylic acids is 1. The van der Waals surface area contributed by atoms with Gasteiger partial charge in [-0.25, -0.2) is 0 Å². The number of aliphatic hydroxyl groups is 1. The molecule has 3 N–H and O–H groups in total. The van der Waals surface area contributed by atoms with Gasteiger partial charge in [0.2, 0.25) is 0 Å². The van der Waals surface area contributed by atoms with E-state index in [4.69, 9.17) is 0 Å². The van der Waals surface area contributed by atoms with Gasteiger partial charge in [-0.05, 0) is 29.4 Å². The molecule has 2 aliphatic heterocycles. The summed E-state index contributed by atoms with van der Waals surface area (Å²) in [5, 5.41) is 23.5. The van der Waals surface area contributed by atoms with E-state index >= 15 is 0 Å². The van der Waals surface area contributed by atoms with Crippen LogP contribution in [0.15, 0.2) is 38.8 Å². The maximum atomic E-state index is 13.3. The molecule has 0 aliphatic carbocycles. The standard InChI is InChI=1S/C21H29N3O5S/c1-20(2,3)9-10-24-17(21(4,5)6)16(26)15(19(24)27)18-22-13-8-7-12(25)11-14(13)30(28,29)23-18/h7-8,11,17,25-26H,9-10H2,1-6H3,(H,22,23). The molecule has 8 nitrogen and oxygen atoms in total. The molecule has 0 radical (unpaired) electrons. The summed E-state index contributed by atoms with van der Waals surface area (Å²) in [5.41, 5.74) is -0.444. The number of phenols is 1.